The minimum absolute atomic E-state index is 0.717. The average molecular weight is 317 g/mol. The predicted molar refractivity (Wildman–Crippen MR) is 81.3 cm³/mol. The zero-order chi connectivity index (χ0) is 13.4. The van der Waals surface area contributed by atoms with Crippen LogP contribution in [-0.2, 0) is 0 Å². The minimum Gasteiger partial charge on any atom is -0.373 e. The van der Waals surface area contributed by atoms with Gasteiger partial charge in [0.25, 0.3) is 0 Å². The molecule has 0 aliphatic carbocycles. The molecule has 0 fully saturated rings. The summed E-state index contributed by atoms with van der Waals surface area (Å²) in [5.41, 5.74) is 3.90. The molecule has 0 unspecified atom stereocenters. The summed E-state index contributed by atoms with van der Waals surface area (Å²) in [5.74, 6) is 1.64. The Bertz CT molecular complexity index is 748. The zero-order valence-corrected chi connectivity index (χ0v) is 12.2. The molecule has 3 aromatic rings. The van der Waals surface area contributed by atoms with Gasteiger partial charge >= 0.3 is 0 Å². The van der Waals surface area contributed by atoms with Crippen LogP contribution in [0.4, 0.5) is 5.82 Å². The summed E-state index contributed by atoms with van der Waals surface area (Å²) in [6.45, 7) is 2.06. The van der Waals surface area contributed by atoms with Crippen LogP contribution in [0, 0.1) is 6.92 Å². The molecular weight excluding hydrogens is 304 g/mol. The molecule has 1 aromatic carbocycles. The lowest BCUT2D eigenvalue weighted by atomic mass is 10.1. The van der Waals surface area contributed by atoms with E-state index in [-0.39, 0.29) is 0 Å². The van der Waals surface area contributed by atoms with Crippen molar-refractivity contribution in [3.8, 4) is 11.4 Å². The number of benzene rings is 1. The molecule has 0 atom stereocenters. The lowest BCUT2D eigenvalue weighted by Crippen LogP contribution is -1.91. The fourth-order valence-corrected chi connectivity index (χ4v) is 2.65. The highest BCUT2D eigenvalue weighted by Gasteiger charge is 2.09. The van der Waals surface area contributed by atoms with Gasteiger partial charge in [0.05, 0.1) is 5.52 Å². The summed E-state index contributed by atoms with van der Waals surface area (Å²) in [7, 11) is 1.85. The number of halogens is 1. The Morgan fingerprint density at radius 1 is 1.16 bits per heavy atom. The molecular formula is C14H13BrN4. The van der Waals surface area contributed by atoms with Gasteiger partial charge in [0.15, 0.2) is 5.65 Å². The Morgan fingerprint density at radius 2 is 2.00 bits per heavy atom. The van der Waals surface area contributed by atoms with Crippen molar-refractivity contribution in [2.75, 3.05) is 12.4 Å². The third kappa shape index (κ3) is 2.21. The topological polar surface area (TPSA) is 53.6 Å². The molecule has 19 heavy (non-hydrogen) atoms. The van der Waals surface area contributed by atoms with Gasteiger partial charge in [-0.1, -0.05) is 22.0 Å². The summed E-state index contributed by atoms with van der Waals surface area (Å²) in [6.07, 6.45) is 0. The Balaban J connectivity index is 2.14. The molecule has 0 aliphatic rings. The maximum Gasteiger partial charge on any atom is 0.180 e. The van der Waals surface area contributed by atoms with Crippen LogP contribution < -0.4 is 5.32 Å². The van der Waals surface area contributed by atoms with Crippen molar-refractivity contribution in [3.05, 3.63) is 40.4 Å². The number of H-pyrrole nitrogens is 1. The molecule has 0 amide bonds. The molecule has 0 aliphatic heterocycles. The number of pyridine rings is 1. The Kier molecular flexibility index (Phi) is 2.98. The fourth-order valence-electron chi connectivity index (χ4n) is 1.97. The second-order valence-electron chi connectivity index (χ2n) is 4.39. The number of hydrogen-bond donors (Lipinski definition) is 2. The summed E-state index contributed by atoms with van der Waals surface area (Å²) in [4.78, 5) is 12.3. The highest BCUT2D eigenvalue weighted by molar-refractivity contribution is 9.10. The lowest BCUT2D eigenvalue weighted by molar-refractivity contribution is 1.28. The van der Waals surface area contributed by atoms with E-state index in [2.05, 4.69) is 61.3 Å². The average Bonchev–Trinajstić information content (AvgIpc) is 2.80. The third-order valence-electron chi connectivity index (χ3n) is 2.98. The van der Waals surface area contributed by atoms with Gasteiger partial charge in [0, 0.05) is 17.1 Å². The molecule has 5 heteroatoms. The van der Waals surface area contributed by atoms with Crippen LogP contribution in [0.2, 0.25) is 0 Å². The van der Waals surface area contributed by atoms with Crippen LogP contribution in [0.25, 0.3) is 22.6 Å². The largest absolute Gasteiger partial charge is 0.373 e. The van der Waals surface area contributed by atoms with Crippen LogP contribution in [0.15, 0.2) is 34.8 Å². The van der Waals surface area contributed by atoms with Gasteiger partial charge in [0.2, 0.25) is 0 Å². The number of hydrogen-bond acceptors (Lipinski definition) is 3. The molecule has 4 nitrogen and oxygen atoms in total. The minimum atomic E-state index is 0.717. The number of imidazole rings is 1. The van der Waals surface area contributed by atoms with Crippen molar-refractivity contribution in [1.29, 1.82) is 0 Å². The van der Waals surface area contributed by atoms with Crippen molar-refractivity contribution in [2.24, 2.45) is 0 Å². The summed E-state index contributed by atoms with van der Waals surface area (Å²) in [6, 6.07) is 10.1. The first-order chi connectivity index (χ1) is 9.17. The molecule has 0 bridgehead atoms. The third-order valence-corrected chi connectivity index (χ3v) is 3.64. The quantitative estimate of drug-likeness (QED) is 0.757. The number of aryl methyl sites for hydroxylation is 1. The highest BCUT2D eigenvalue weighted by atomic mass is 79.9. The molecule has 3 rings (SSSR count). The summed E-state index contributed by atoms with van der Waals surface area (Å²) < 4.78 is 1.03. The normalized spacial score (nSPS) is 10.9. The van der Waals surface area contributed by atoms with Crippen molar-refractivity contribution < 1.29 is 0 Å². The van der Waals surface area contributed by atoms with Gasteiger partial charge < -0.3 is 10.3 Å². The molecule has 2 N–H and O–H groups in total. The maximum atomic E-state index is 4.55. The van der Waals surface area contributed by atoms with Gasteiger partial charge in [-0.3, -0.25) is 0 Å². The molecule has 2 heterocycles. The van der Waals surface area contributed by atoms with Crippen LogP contribution in [-0.4, -0.2) is 22.0 Å². The van der Waals surface area contributed by atoms with E-state index in [1.807, 2.05) is 19.2 Å². The number of fused-ring (bicyclic) bond motifs is 1. The Morgan fingerprint density at radius 3 is 2.74 bits per heavy atom. The van der Waals surface area contributed by atoms with Crippen LogP contribution >= 0.6 is 15.9 Å². The first-order valence-corrected chi connectivity index (χ1v) is 6.78. The Hall–Kier alpha value is -1.88. The number of anilines is 1. The van der Waals surface area contributed by atoms with Crippen LogP contribution in [0.3, 0.4) is 0 Å². The van der Waals surface area contributed by atoms with E-state index in [0.717, 1.165) is 27.2 Å². The van der Waals surface area contributed by atoms with E-state index in [0.29, 0.717) is 5.65 Å². The van der Waals surface area contributed by atoms with E-state index in [1.165, 1.54) is 5.56 Å². The molecule has 0 saturated heterocycles. The summed E-state index contributed by atoms with van der Waals surface area (Å²) >= 11 is 3.58. The standard InChI is InChI=1S/C14H13BrN4/c1-8-3-4-9(10(15)7-8)13-17-11-5-6-12(16-2)18-14(11)19-13/h3-7H,1-2H3,(H2,16,17,18,19). The van der Waals surface area contributed by atoms with Gasteiger partial charge in [0.1, 0.15) is 11.6 Å². The number of rotatable bonds is 2. The first kappa shape index (κ1) is 12.2. The zero-order valence-electron chi connectivity index (χ0n) is 10.7. The molecule has 0 spiro atoms. The lowest BCUT2D eigenvalue weighted by Gasteiger charge is -2.01. The monoisotopic (exact) mass is 316 g/mol. The van der Waals surface area contributed by atoms with E-state index in [1.54, 1.807) is 0 Å². The van der Waals surface area contributed by atoms with Crippen molar-refractivity contribution in [1.82, 2.24) is 15.0 Å². The van der Waals surface area contributed by atoms with E-state index >= 15 is 0 Å². The van der Waals surface area contributed by atoms with Crippen molar-refractivity contribution >= 4 is 32.9 Å². The Labute approximate surface area is 119 Å². The SMILES string of the molecule is CNc1ccc2[nH]c(-c3ccc(C)cc3Br)nc2n1. The molecule has 2 aromatic heterocycles. The highest BCUT2D eigenvalue weighted by Crippen LogP contribution is 2.28. The summed E-state index contributed by atoms with van der Waals surface area (Å²) in [5, 5.41) is 3.01. The van der Waals surface area contributed by atoms with Crippen LogP contribution in [0.1, 0.15) is 5.56 Å². The molecule has 96 valence electrons. The van der Waals surface area contributed by atoms with Crippen molar-refractivity contribution in [3.63, 3.8) is 0 Å². The van der Waals surface area contributed by atoms with E-state index in [9.17, 15) is 0 Å². The number of aromatic nitrogens is 3. The maximum absolute atomic E-state index is 4.55. The predicted octanol–water partition coefficient (Wildman–Crippen LogP) is 3.74. The fraction of sp³-hybridized carbons (Fsp3) is 0.143. The smallest absolute Gasteiger partial charge is 0.180 e. The van der Waals surface area contributed by atoms with Gasteiger partial charge in [-0.15, -0.1) is 0 Å². The second-order valence-corrected chi connectivity index (χ2v) is 5.24. The number of aromatic amines is 1. The van der Waals surface area contributed by atoms with Gasteiger partial charge in [-0.2, -0.15) is 0 Å². The van der Waals surface area contributed by atoms with Gasteiger partial charge in [-0.25, -0.2) is 9.97 Å². The molecule has 0 saturated carbocycles. The van der Waals surface area contributed by atoms with E-state index in [4.69, 9.17) is 0 Å². The molecule has 0 radical (unpaired) electrons. The number of nitrogens with zero attached hydrogens (tertiary/aromatic N) is 2. The van der Waals surface area contributed by atoms with E-state index < -0.39 is 0 Å². The van der Waals surface area contributed by atoms with Crippen LogP contribution in [0.5, 0.6) is 0 Å². The first-order valence-electron chi connectivity index (χ1n) is 5.98. The number of nitrogens with one attached hydrogen (secondary N) is 2. The second kappa shape index (κ2) is 4.66. The van der Waals surface area contributed by atoms with Crippen molar-refractivity contribution in [2.45, 2.75) is 6.92 Å². The van der Waals surface area contributed by atoms with Gasteiger partial charge in [-0.05, 0) is 36.8 Å².